The molecule has 28 heavy (non-hydrogen) atoms. The topological polar surface area (TPSA) is 57.2 Å². The Kier molecular flexibility index (Phi) is 9.87. The van der Waals surface area contributed by atoms with Gasteiger partial charge in [0.25, 0.3) is 0 Å². The molecule has 0 atom stereocenters. The summed E-state index contributed by atoms with van der Waals surface area (Å²) in [7, 11) is 0. The number of carbonyl (C=O) groups is 1. The van der Waals surface area contributed by atoms with E-state index in [0.717, 1.165) is 70.1 Å². The molecule has 1 N–H and O–H groups in total. The van der Waals surface area contributed by atoms with Gasteiger partial charge >= 0.3 is 0 Å². The van der Waals surface area contributed by atoms with Crippen LogP contribution in [0.4, 0.5) is 0 Å². The first-order valence-electron chi connectivity index (χ1n) is 10.3. The number of amides is 1. The number of nitrogens with zero attached hydrogens (tertiary/aromatic N) is 3. The van der Waals surface area contributed by atoms with Crippen LogP contribution >= 0.6 is 24.0 Å². The van der Waals surface area contributed by atoms with Crippen molar-refractivity contribution in [3.05, 3.63) is 30.3 Å². The fraction of sp³-hybridized carbons (Fsp3) is 0.619. The van der Waals surface area contributed by atoms with Crippen LogP contribution < -0.4 is 10.1 Å². The summed E-state index contributed by atoms with van der Waals surface area (Å²) in [6.45, 7) is 6.65. The fourth-order valence-corrected chi connectivity index (χ4v) is 3.69. The fourth-order valence-electron chi connectivity index (χ4n) is 3.69. The van der Waals surface area contributed by atoms with Crippen LogP contribution in [0.25, 0.3) is 0 Å². The van der Waals surface area contributed by atoms with Crippen LogP contribution in [0.15, 0.2) is 35.3 Å². The summed E-state index contributed by atoms with van der Waals surface area (Å²) in [4.78, 5) is 21.2. The minimum Gasteiger partial charge on any atom is -0.490 e. The molecule has 0 aromatic heterocycles. The molecule has 1 amide bonds. The smallest absolute Gasteiger partial charge is 0.244 e. The zero-order valence-electron chi connectivity index (χ0n) is 16.8. The molecule has 0 saturated carbocycles. The highest BCUT2D eigenvalue weighted by Gasteiger charge is 2.23. The van der Waals surface area contributed by atoms with Crippen LogP contribution in [0.5, 0.6) is 5.75 Å². The molecule has 156 valence electrons. The van der Waals surface area contributed by atoms with Crippen molar-refractivity contribution in [3.8, 4) is 5.75 Å². The van der Waals surface area contributed by atoms with Gasteiger partial charge in [-0.1, -0.05) is 18.2 Å². The van der Waals surface area contributed by atoms with Crippen molar-refractivity contribution >= 4 is 35.8 Å². The Balaban J connectivity index is 0.00000280. The van der Waals surface area contributed by atoms with E-state index >= 15 is 0 Å². The minimum atomic E-state index is 0. The van der Waals surface area contributed by atoms with Crippen LogP contribution in [0.1, 0.15) is 39.0 Å². The van der Waals surface area contributed by atoms with Gasteiger partial charge in [-0.3, -0.25) is 4.79 Å². The van der Waals surface area contributed by atoms with Gasteiger partial charge in [-0.05, 0) is 38.3 Å². The van der Waals surface area contributed by atoms with Crippen molar-refractivity contribution in [3.63, 3.8) is 0 Å². The predicted octanol–water partition coefficient (Wildman–Crippen LogP) is 3.13. The Hall–Kier alpha value is -1.51. The molecule has 2 aliphatic rings. The molecule has 3 rings (SSSR count). The number of hydrogen-bond donors (Lipinski definition) is 1. The maximum Gasteiger partial charge on any atom is 0.244 e. The number of rotatable bonds is 5. The predicted molar refractivity (Wildman–Crippen MR) is 123 cm³/mol. The number of benzene rings is 1. The van der Waals surface area contributed by atoms with Crippen LogP contribution in [-0.2, 0) is 4.79 Å². The molecular formula is C21H33IN4O2. The summed E-state index contributed by atoms with van der Waals surface area (Å²) in [5.41, 5.74) is 0. The Morgan fingerprint density at radius 2 is 1.75 bits per heavy atom. The van der Waals surface area contributed by atoms with Gasteiger partial charge in [-0.25, -0.2) is 4.99 Å². The van der Waals surface area contributed by atoms with Crippen LogP contribution in [0.3, 0.4) is 0 Å². The van der Waals surface area contributed by atoms with Crippen molar-refractivity contribution in [1.82, 2.24) is 15.1 Å². The summed E-state index contributed by atoms with van der Waals surface area (Å²) in [5, 5.41) is 3.34. The molecule has 0 bridgehead atoms. The molecule has 0 aliphatic carbocycles. The lowest BCUT2D eigenvalue weighted by Crippen LogP contribution is -2.48. The number of guanidine groups is 1. The van der Waals surface area contributed by atoms with Gasteiger partial charge in [0, 0.05) is 45.6 Å². The van der Waals surface area contributed by atoms with Crippen molar-refractivity contribution in [2.24, 2.45) is 4.99 Å². The van der Waals surface area contributed by atoms with E-state index in [-0.39, 0.29) is 42.5 Å². The SMILES string of the molecule is CCNC(=NCC(=O)N1CCCCC1)N1CCC(Oc2ccccc2)CC1.I. The van der Waals surface area contributed by atoms with Crippen molar-refractivity contribution in [1.29, 1.82) is 0 Å². The number of ether oxygens (including phenoxy) is 1. The summed E-state index contributed by atoms with van der Waals surface area (Å²) < 4.78 is 6.07. The lowest BCUT2D eigenvalue weighted by Gasteiger charge is -2.34. The van der Waals surface area contributed by atoms with Crippen molar-refractivity contribution < 1.29 is 9.53 Å². The number of aliphatic imine (C=N–C) groups is 1. The highest BCUT2D eigenvalue weighted by Crippen LogP contribution is 2.18. The Bertz CT molecular complexity index is 612. The standard InChI is InChI=1S/C21H32N4O2.HI/c1-2-22-21(23-17-20(26)24-13-7-4-8-14-24)25-15-11-19(12-16-25)27-18-9-5-3-6-10-18;/h3,5-6,9-10,19H,2,4,7-8,11-17H2,1H3,(H,22,23);1H. The first-order chi connectivity index (χ1) is 13.3. The zero-order valence-corrected chi connectivity index (χ0v) is 19.1. The summed E-state index contributed by atoms with van der Waals surface area (Å²) >= 11 is 0. The third-order valence-electron chi connectivity index (χ3n) is 5.20. The molecule has 2 saturated heterocycles. The second-order valence-corrected chi connectivity index (χ2v) is 7.23. The maximum absolute atomic E-state index is 12.4. The Morgan fingerprint density at radius 1 is 1.07 bits per heavy atom. The maximum atomic E-state index is 12.4. The van der Waals surface area contributed by atoms with Crippen molar-refractivity contribution in [2.75, 3.05) is 39.3 Å². The second-order valence-electron chi connectivity index (χ2n) is 7.23. The van der Waals surface area contributed by atoms with Gasteiger partial charge in [0.1, 0.15) is 18.4 Å². The van der Waals surface area contributed by atoms with E-state index in [4.69, 9.17) is 4.74 Å². The highest BCUT2D eigenvalue weighted by molar-refractivity contribution is 14.0. The highest BCUT2D eigenvalue weighted by atomic mass is 127. The molecule has 2 fully saturated rings. The largest absolute Gasteiger partial charge is 0.490 e. The number of carbonyl (C=O) groups excluding carboxylic acids is 1. The third-order valence-corrected chi connectivity index (χ3v) is 5.20. The summed E-state index contributed by atoms with van der Waals surface area (Å²) in [5.74, 6) is 1.93. The number of nitrogens with one attached hydrogen (secondary N) is 1. The van der Waals surface area contributed by atoms with Crippen LogP contribution in [0, 0.1) is 0 Å². The average Bonchev–Trinajstić information content (AvgIpc) is 2.73. The lowest BCUT2D eigenvalue weighted by molar-refractivity contribution is -0.130. The minimum absolute atomic E-state index is 0. The Labute approximate surface area is 185 Å². The molecule has 2 heterocycles. The normalized spacial score (nSPS) is 18.4. The van der Waals surface area contributed by atoms with E-state index in [1.54, 1.807) is 0 Å². The first-order valence-corrected chi connectivity index (χ1v) is 10.3. The van der Waals surface area contributed by atoms with Gasteiger partial charge in [0.05, 0.1) is 0 Å². The second kappa shape index (κ2) is 12.1. The quantitative estimate of drug-likeness (QED) is 0.384. The van der Waals surface area contributed by atoms with Crippen LogP contribution in [0.2, 0.25) is 0 Å². The molecule has 0 spiro atoms. The van der Waals surface area contributed by atoms with Gasteiger partial charge in [-0.2, -0.15) is 0 Å². The number of likely N-dealkylation sites (tertiary alicyclic amines) is 2. The van der Waals surface area contributed by atoms with Crippen LogP contribution in [-0.4, -0.2) is 67.0 Å². The summed E-state index contributed by atoms with van der Waals surface area (Å²) in [6, 6.07) is 10.0. The molecule has 1 aromatic carbocycles. The van der Waals surface area contributed by atoms with Gasteiger partial charge in [0.2, 0.25) is 5.91 Å². The van der Waals surface area contributed by atoms with E-state index in [2.05, 4.69) is 22.1 Å². The molecule has 0 unspecified atom stereocenters. The van der Waals surface area contributed by atoms with E-state index < -0.39 is 0 Å². The monoisotopic (exact) mass is 500 g/mol. The van der Waals surface area contributed by atoms with Crippen molar-refractivity contribution in [2.45, 2.75) is 45.1 Å². The molecule has 2 aliphatic heterocycles. The molecule has 7 heteroatoms. The van der Waals surface area contributed by atoms with E-state index in [9.17, 15) is 4.79 Å². The summed E-state index contributed by atoms with van der Waals surface area (Å²) in [6.07, 6.45) is 5.62. The third kappa shape index (κ3) is 6.83. The number of halogens is 1. The zero-order chi connectivity index (χ0) is 18.9. The molecule has 0 radical (unpaired) electrons. The average molecular weight is 500 g/mol. The van der Waals surface area contributed by atoms with Gasteiger partial charge in [0.15, 0.2) is 5.96 Å². The van der Waals surface area contributed by atoms with Gasteiger partial charge in [-0.15, -0.1) is 24.0 Å². The Morgan fingerprint density at radius 3 is 2.39 bits per heavy atom. The van der Waals surface area contributed by atoms with E-state index in [0.29, 0.717) is 0 Å². The first kappa shape index (κ1) is 22.8. The molecule has 1 aromatic rings. The number of hydrogen-bond acceptors (Lipinski definition) is 3. The molecule has 6 nitrogen and oxygen atoms in total. The number of piperidine rings is 2. The van der Waals surface area contributed by atoms with Gasteiger partial charge < -0.3 is 19.9 Å². The van der Waals surface area contributed by atoms with E-state index in [1.165, 1.54) is 6.42 Å². The van der Waals surface area contributed by atoms with E-state index in [1.807, 2.05) is 35.2 Å². The lowest BCUT2D eigenvalue weighted by atomic mass is 10.1. The molecular weight excluding hydrogens is 467 g/mol. The number of para-hydroxylation sites is 1.